The van der Waals surface area contributed by atoms with Gasteiger partial charge < -0.3 is 4.74 Å². The van der Waals surface area contributed by atoms with Crippen LogP contribution in [0, 0.1) is 17.3 Å². The molecule has 18 heavy (non-hydrogen) atoms. The van der Waals surface area contributed by atoms with Crippen LogP contribution in [0.1, 0.15) is 32.8 Å². The predicted octanol–water partition coefficient (Wildman–Crippen LogP) is 4.44. The Morgan fingerprint density at radius 3 is 2.44 bits per heavy atom. The third-order valence-electron chi connectivity index (χ3n) is 3.73. The summed E-state index contributed by atoms with van der Waals surface area (Å²) in [6, 6.07) is 10.4. The van der Waals surface area contributed by atoms with E-state index in [9.17, 15) is 0 Å². The molecule has 1 aliphatic rings. The first-order chi connectivity index (χ1) is 8.55. The lowest BCUT2D eigenvalue weighted by atomic mass is 9.79. The molecule has 1 aromatic rings. The first-order valence-corrected chi connectivity index (χ1v) is 6.86. The Balaban J connectivity index is 1.72. The van der Waals surface area contributed by atoms with E-state index in [1.165, 1.54) is 12.0 Å². The Morgan fingerprint density at radius 1 is 1.11 bits per heavy atom. The molecule has 1 aliphatic carbocycles. The van der Waals surface area contributed by atoms with Gasteiger partial charge in [-0.1, -0.05) is 63.3 Å². The molecule has 0 saturated carbocycles. The molecule has 0 radical (unpaired) electrons. The van der Waals surface area contributed by atoms with Crippen molar-refractivity contribution >= 4 is 0 Å². The molecule has 2 unspecified atom stereocenters. The van der Waals surface area contributed by atoms with Gasteiger partial charge in [-0.25, -0.2) is 0 Å². The second kappa shape index (κ2) is 5.71. The van der Waals surface area contributed by atoms with Crippen molar-refractivity contribution < 1.29 is 4.74 Å². The van der Waals surface area contributed by atoms with Crippen molar-refractivity contribution in [2.75, 3.05) is 6.61 Å². The summed E-state index contributed by atoms with van der Waals surface area (Å²) in [6.07, 6.45) is 5.94. The van der Waals surface area contributed by atoms with E-state index in [1.807, 2.05) is 6.07 Å². The van der Waals surface area contributed by atoms with E-state index in [2.05, 4.69) is 57.2 Å². The maximum Gasteiger partial charge on any atom is 0.0717 e. The van der Waals surface area contributed by atoms with Gasteiger partial charge in [-0.3, -0.25) is 0 Å². The van der Waals surface area contributed by atoms with Gasteiger partial charge in [0.15, 0.2) is 0 Å². The minimum atomic E-state index is 0.380. The van der Waals surface area contributed by atoms with Gasteiger partial charge in [0.05, 0.1) is 13.2 Å². The van der Waals surface area contributed by atoms with Crippen molar-refractivity contribution in [3.8, 4) is 0 Å². The molecular weight excluding hydrogens is 220 g/mol. The molecular formula is C17H24O. The lowest BCUT2D eigenvalue weighted by molar-refractivity contribution is 0.0926. The summed E-state index contributed by atoms with van der Waals surface area (Å²) in [5.41, 5.74) is 1.64. The van der Waals surface area contributed by atoms with E-state index in [-0.39, 0.29) is 0 Å². The Kier molecular flexibility index (Phi) is 4.23. The van der Waals surface area contributed by atoms with Gasteiger partial charge in [-0.05, 0) is 23.3 Å². The van der Waals surface area contributed by atoms with Gasteiger partial charge >= 0.3 is 0 Å². The lowest BCUT2D eigenvalue weighted by Crippen LogP contribution is -2.18. The van der Waals surface area contributed by atoms with E-state index in [0.717, 1.165) is 13.2 Å². The highest BCUT2D eigenvalue weighted by molar-refractivity contribution is 5.13. The summed E-state index contributed by atoms with van der Waals surface area (Å²) in [7, 11) is 0. The van der Waals surface area contributed by atoms with Gasteiger partial charge in [-0.2, -0.15) is 0 Å². The first kappa shape index (κ1) is 13.4. The topological polar surface area (TPSA) is 9.23 Å². The number of ether oxygens (including phenoxy) is 1. The average molecular weight is 244 g/mol. The van der Waals surface area contributed by atoms with Crippen LogP contribution in [0.3, 0.4) is 0 Å². The molecule has 2 atom stereocenters. The van der Waals surface area contributed by atoms with Gasteiger partial charge in [-0.15, -0.1) is 0 Å². The van der Waals surface area contributed by atoms with Crippen molar-refractivity contribution in [3.05, 3.63) is 48.0 Å². The molecule has 0 heterocycles. The summed E-state index contributed by atoms with van der Waals surface area (Å²) >= 11 is 0. The molecule has 1 nitrogen and oxygen atoms in total. The Labute approximate surface area is 111 Å². The normalized spacial score (nSPS) is 23.5. The van der Waals surface area contributed by atoms with Crippen LogP contribution in [-0.4, -0.2) is 6.61 Å². The number of hydrogen-bond donors (Lipinski definition) is 0. The SMILES string of the molecule is CC(C)(C)C1C=CC(COCc2ccccc2)C1. The summed E-state index contributed by atoms with van der Waals surface area (Å²) in [5.74, 6) is 1.29. The number of rotatable bonds is 4. The van der Waals surface area contributed by atoms with E-state index in [1.54, 1.807) is 0 Å². The smallest absolute Gasteiger partial charge is 0.0717 e. The van der Waals surface area contributed by atoms with E-state index >= 15 is 0 Å². The highest BCUT2D eigenvalue weighted by Gasteiger charge is 2.28. The van der Waals surface area contributed by atoms with E-state index in [4.69, 9.17) is 4.74 Å². The van der Waals surface area contributed by atoms with Crippen molar-refractivity contribution in [2.45, 2.75) is 33.8 Å². The zero-order valence-electron chi connectivity index (χ0n) is 11.7. The average Bonchev–Trinajstić information content (AvgIpc) is 2.79. The van der Waals surface area contributed by atoms with E-state index < -0.39 is 0 Å². The molecule has 0 fully saturated rings. The van der Waals surface area contributed by atoms with Crippen LogP contribution in [0.15, 0.2) is 42.5 Å². The minimum absolute atomic E-state index is 0.380. The Morgan fingerprint density at radius 2 is 1.83 bits per heavy atom. The fourth-order valence-corrected chi connectivity index (χ4v) is 2.44. The summed E-state index contributed by atoms with van der Waals surface area (Å²) in [5, 5.41) is 0. The Bertz CT molecular complexity index is 386. The third-order valence-corrected chi connectivity index (χ3v) is 3.73. The molecule has 1 aromatic carbocycles. The van der Waals surface area contributed by atoms with Crippen LogP contribution in [-0.2, 0) is 11.3 Å². The van der Waals surface area contributed by atoms with E-state index in [0.29, 0.717) is 17.3 Å². The molecule has 0 bridgehead atoms. The second-order valence-electron chi connectivity index (χ2n) is 6.35. The predicted molar refractivity (Wildman–Crippen MR) is 76.3 cm³/mol. The van der Waals surface area contributed by atoms with Crippen molar-refractivity contribution in [1.29, 1.82) is 0 Å². The van der Waals surface area contributed by atoms with Crippen LogP contribution in [0.25, 0.3) is 0 Å². The van der Waals surface area contributed by atoms with Crippen molar-refractivity contribution in [2.24, 2.45) is 17.3 Å². The standard InChI is InChI=1S/C17H24O/c1-17(2,3)16-10-9-15(11-16)13-18-12-14-7-5-4-6-8-14/h4-10,15-16H,11-13H2,1-3H3. The molecule has 0 aliphatic heterocycles. The summed E-state index contributed by atoms with van der Waals surface area (Å²) in [4.78, 5) is 0. The number of benzene rings is 1. The largest absolute Gasteiger partial charge is 0.376 e. The zero-order chi connectivity index (χ0) is 13.0. The monoisotopic (exact) mass is 244 g/mol. The second-order valence-corrected chi connectivity index (χ2v) is 6.35. The highest BCUT2D eigenvalue weighted by Crippen LogP contribution is 2.37. The first-order valence-electron chi connectivity index (χ1n) is 6.86. The summed E-state index contributed by atoms with van der Waals surface area (Å²) < 4.78 is 5.81. The molecule has 1 heteroatoms. The van der Waals surface area contributed by atoms with Crippen molar-refractivity contribution in [1.82, 2.24) is 0 Å². The maximum atomic E-state index is 5.81. The van der Waals surface area contributed by atoms with Crippen LogP contribution >= 0.6 is 0 Å². The lowest BCUT2D eigenvalue weighted by Gasteiger charge is -2.26. The van der Waals surface area contributed by atoms with Crippen LogP contribution in [0.4, 0.5) is 0 Å². The fraction of sp³-hybridized carbons (Fsp3) is 0.529. The van der Waals surface area contributed by atoms with Crippen LogP contribution in [0.5, 0.6) is 0 Å². The maximum absolute atomic E-state index is 5.81. The molecule has 0 saturated heterocycles. The Hall–Kier alpha value is -1.08. The van der Waals surface area contributed by atoms with Gasteiger partial charge in [0, 0.05) is 5.92 Å². The molecule has 98 valence electrons. The zero-order valence-corrected chi connectivity index (χ0v) is 11.7. The minimum Gasteiger partial charge on any atom is -0.376 e. The van der Waals surface area contributed by atoms with Gasteiger partial charge in [0.2, 0.25) is 0 Å². The highest BCUT2D eigenvalue weighted by atomic mass is 16.5. The molecule has 0 aromatic heterocycles. The molecule has 0 N–H and O–H groups in total. The van der Waals surface area contributed by atoms with Gasteiger partial charge in [0.1, 0.15) is 0 Å². The third kappa shape index (κ3) is 3.71. The quantitative estimate of drug-likeness (QED) is 0.711. The fourth-order valence-electron chi connectivity index (χ4n) is 2.44. The molecule has 0 amide bonds. The summed E-state index contributed by atoms with van der Waals surface area (Å²) in [6.45, 7) is 8.52. The molecule has 0 spiro atoms. The van der Waals surface area contributed by atoms with Crippen molar-refractivity contribution in [3.63, 3.8) is 0 Å². The molecule has 2 rings (SSSR count). The number of hydrogen-bond acceptors (Lipinski definition) is 1. The van der Waals surface area contributed by atoms with Crippen LogP contribution in [0.2, 0.25) is 0 Å². The van der Waals surface area contributed by atoms with Crippen LogP contribution < -0.4 is 0 Å². The van der Waals surface area contributed by atoms with Gasteiger partial charge in [0.25, 0.3) is 0 Å². The number of allylic oxidation sites excluding steroid dienone is 1.